The van der Waals surface area contributed by atoms with Crippen molar-refractivity contribution in [3.05, 3.63) is 48.1 Å². The zero-order chi connectivity index (χ0) is 22.6. The molecule has 1 aromatic carbocycles. The van der Waals surface area contributed by atoms with Gasteiger partial charge in [-0.15, -0.1) is 0 Å². The van der Waals surface area contributed by atoms with Crippen LogP contribution in [0.15, 0.2) is 41.1 Å². The van der Waals surface area contributed by atoms with Gasteiger partial charge < -0.3 is 15.6 Å². The standard InChI is InChI=1S/C25H31FN6O/c26-18-8-6-17(7-9-18)24-23(22(33-31-24)16-32-14-11-19(27)12-15-32)21-10-13-28-25(30-21)29-20-4-2-1-3-5-20/h6-10,13,19-20H,1-5,11-12,14-16,27H2,(H,28,29,30). The zero-order valence-corrected chi connectivity index (χ0v) is 18.8. The van der Waals surface area contributed by atoms with E-state index in [0.29, 0.717) is 24.2 Å². The second kappa shape index (κ2) is 9.97. The third-order valence-corrected chi connectivity index (χ3v) is 6.73. The average Bonchev–Trinajstić information content (AvgIpc) is 3.25. The molecule has 0 spiro atoms. The smallest absolute Gasteiger partial charge is 0.223 e. The molecule has 33 heavy (non-hydrogen) atoms. The second-order valence-corrected chi connectivity index (χ2v) is 9.19. The predicted octanol–water partition coefficient (Wildman–Crippen LogP) is 4.61. The molecule has 3 aromatic rings. The molecule has 0 bridgehead atoms. The number of nitrogens with zero attached hydrogens (tertiary/aromatic N) is 4. The lowest BCUT2D eigenvalue weighted by atomic mass is 9.96. The highest BCUT2D eigenvalue weighted by atomic mass is 19.1. The van der Waals surface area contributed by atoms with Crippen LogP contribution in [0.5, 0.6) is 0 Å². The Morgan fingerprint density at radius 2 is 1.79 bits per heavy atom. The molecule has 3 N–H and O–H groups in total. The highest BCUT2D eigenvalue weighted by molar-refractivity contribution is 5.80. The molecule has 8 heteroatoms. The maximum atomic E-state index is 13.6. The van der Waals surface area contributed by atoms with Crippen molar-refractivity contribution in [3.8, 4) is 22.5 Å². The zero-order valence-electron chi connectivity index (χ0n) is 18.8. The fraction of sp³-hybridized carbons (Fsp3) is 0.480. The number of aromatic nitrogens is 3. The van der Waals surface area contributed by atoms with Crippen LogP contribution in [0.2, 0.25) is 0 Å². The number of likely N-dealkylation sites (tertiary alicyclic amines) is 1. The van der Waals surface area contributed by atoms with E-state index >= 15 is 0 Å². The molecule has 174 valence electrons. The quantitative estimate of drug-likeness (QED) is 0.567. The summed E-state index contributed by atoms with van der Waals surface area (Å²) in [6.45, 7) is 2.47. The molecule has 2 aliphatic rings. The van der Waals surface area contributed by atoms with Gasteiger partial charge in [0.1, 0.15) is 11.5 Å². The monoisotopic (exact) mass is 450 g/mol. The largest absolute Gasteiger partial charge is 0.359 e. The van der Waals surface area contributed by atoms with Crippen LogP contribution in [0, 0.1) is 5.82 Å². The van der Waals surface area contributed by atoms with Gasteiger partial charge in [-0.25, -0.2) is 14.4 Å². The number of rotatable bonds is 6. The van der Waals surface area contributed by atoms with Gasteiger partial charge in [0.2, 0.25) is 5.95 Å². The number of benzene rings is 1. The molecule has 1 saturated heterocycles. The third kappa shape index (κ3) is 5.23. The number of halogens is 1. The highest BCUT2D eigenvalue weighted by Gasteiger charge is 2.25. The number of nitrogens with one attached hydrogen (secondary N) is 1. The summed E-state index contributed by atoms with van der Waals surface area (Å²) >= 11 is 0. The van der Waals surface area contributed by atoms with Gasteiger partial charge in [0.15, 0.2) is 5.76 Å². The molecule has 2 aromatic heterocycles. The molecule has 1 aliphatic carbocycles. The molecule has 7 nitrogen and oxygen atoms in total. The van der Waals surface area contributed by atoms with Crippen molar-refractivity contribution in [2.24, 2.45) is 5.73 Å². The SMILES string of the molecule is NC1CCN(Cc2onc(-c3ccc(F)cc3)c2-c2ccnc(NC3CCCCC3)n2)CC1. The predicted molar refractivity (Wildman–Crippen MR) is 126 cm³/mol. The minimum absolute atomic E-state index is 0.264. The van der Waals surface area contributed by atoms with E-state index in [2.05, 4.69) is 20.4 Å². The van der Waals surface area contributed by atoms with Gasteiger partial charge in [-0.05, 0) is 56.0 Å². The first-order valence-corrected chi connectivity index (χ1v) is 12.0. The lowest BCUT2D eigenvalue weighted by Gasteiger charge is -2.29. The van der Waals surface area contributed by atoms with Gasteiger partial charge in [0.25, 0.3) is 0 Å². The second-order valence-electron chi connectivity index (χ2n) is 9.19. The first kappa shape index (κ1) is 22.0. The Morgan fingerprint density at radius 3 is 2.55 bits per heavy atom. The van der Waals surface area contributed by atoms with E-state index in [-0.39, 0.29) is 11.9 Å². The molecule has 3 heterocycles. The van der Waals surface area contributed by atoms with Gasteiger partial charge in [-0.3, -0.25) is 4.90 Å². The van der Waals surface area contributed by atoms with E-state index < -0.39 is 0 Å². The fourth-order valence-electron chi connectivity index (χ4n) is 4.81. The van der Waals surface area contributed by atoms with Gasteiger partial charge in [-0.2, -0.15) is 0 Å². The molecule has 2 fully saturated rings. The number of piperidine rings is 1. The van der Waals surface area contributed by atoms with Gasteiger partial charge in [0, 0.05) is 36.9 Å². The van der Waals surface area contributed by atoms with E-state index in [0.717, 1.165) is 61.4 Å². The third-order valence-electron chi connectivity index (χ3n) is 6.73. The molecule has 5 rings (SSSR count). The lowest BCUT2D eigenvalue weighted by Crippen LogP contribution is -2.39. The topological polar surface area (TPSA) is 93.1 Å². The Morgan fingerprint density at radius 1 is 1.03 bits per heavy atom. The summed E-state index contributed by atoms with van der Waals surface area (Å²) in [5.74, 6) is 1.10. The van der Waals surface area contributed by atoms with E-state index in [1.165, 1.54) is 31.4 Å². The van der Waals surface area contributed by atoms with Crippen LogP contribution >= 0.6 is 0 Å². The van der Waals surface area contributed by atoms with Crippen LogP contribution < -0.4 is 11.1 Å². The van der Waals surface area contributed by atoms with Crippen molar-refractivity contribution in [1.82, 2.24) is 20.0 Å². The van der Waals surface area contributed by atoms with Gasteiger partial charge in [0.05, 0.1) is 17.8 Å². The summed E-state index contributed by atoms with van der Waals surface area (Å²) in [5, 5.41) is 7.90. The van der Waals surface area contributed by atoms with Crippen LogP contribution in [-0.2, 0) is 6.54 Å². The van der Waals surface area contributed by atoms with Crippen molar-refractivity contribution in [2.75, 3.05) is 18.4 Å². The fourth-order valence-corrected chi connectivity index (χ4v) is 4.81. The van der Waals surface area contributed by atoms with Crippen LogP contribution in [0.1, 0.15) is 50.7 Å². The normalized spacial score (nSPS) is 18.5. The molecule has 0 unspecified atom stereocenters. The van der Waals surface area contributed by atoms with Crippen molar-refractivity contribution in [2.45, 2.75) is 63.6 Å². The molecule has 1 aliphatic heterocycles. The van der Waals surface area contributed by atoms with Gasteiger partial charge >= 0.3 is 0 Å². The summed E-state index contributed by atoms with van der Waals surface area (Å²) in [6.07, 6.45) is 9.77. The Balaban J connectivity index is 1.47. The summed E-state index contributed by atoms with van der Waals surface area (Å²) in [7, 11) is 0. The number of hydrogen-bond acceptors (Lipinski definition) is 7. The number of nitrogens with two attached hydrogens (primary N) is 1. The highest BCUT2D eigenvalue weighted by Crippen LogP contribution is 2.35. The molecule has 0 atom stereocenters. The Labute approximate surface area is 193 Å². The maximum Gasteiger partial charge on any atom is 0.223 e. The summed E-state index contributed by atoms with van der Waals surface area (Å²) in [4.78, 5) is 11.6. The van der Waals surface area contributed by atoms with Crippen molar-refractivity contribution in [1.29, 1.82) is 0 Å². The van der Waals surface area contributed by atoms with E-state index in [1.54, 1.807) is 18.3 Å². The summed E-state index contributed by atoms with van der Waals surface area (Å²) in [5.41, 5.74) is 9.14. The molecular weight excluding hydrogens is 419 g/mol. The minimum atomic E-state index is -0.283. The number of anilines is 1. The van der Waals surface area contributed by atoms with Crippen molar-refractivity contribution >= 4 is 5.95 Å². The van der Waals surface area contributed by atoms with Crippen molar-refractivity contribution < 1.29 is 8.91 Å². The molecule has 0 radical (unpaired) electrons. The average molecular weight is 451 g/mol. The summed E-state index contributed by atoms with van der Waals surface area (Å²) < 4.78 is 19.4. The minimum Gasteiger partial charge on any atom is -0.359 e. The van der Waals surface area contributed by atoms with Crippen LogP contribution in [0.4, 0.5) is 10.3 Å². The van der Waals surface area contributed by atoms with Crippen LogP contribution in [-0.4, -0.2) is 45.2 Å². The van der Waals surface area contributed by atoms with Crippen LogP contribution in [0.25, 0.3) is 22.5 Å². The van der Waals surface area contributed by atoms with Gasteiger partial charge in [-0.1, -0.05) is 24.4 Å². The Bertz CT molecular complexity index is 1060. The summed E-state index contributed by atoms with van der Waals surface area (Å²) in [6, 6.07) is 8.89. The van der Waals surface area contributed by atoms with E-state index in [1.807, 2.05) is 6.07 Å². The molecular formula is C25H31FN6O. The lowest BCUT2D eigenvalue weighted by molar-refractivity contribution is 0.185. The Hall–Kier alpha value is -2.84. The van der Waals surface area contributed by atoms with Crippen molar-refractivity contribution in [3.63, 3.8) is 0 Å². The first-order chi connectivity index (χ1) is 16.2. The maximum absolute atomic E-state index is 13.6. The van der Waals surface area contributed by atoms with E-state index in [4.69, 9.17) is 15.2 Å². The first-order valence-electron chi connectivity index (χ1n) is 12.0. The van der Waals surface area contributed by atoms with Crippen LogP contribution in [0.3, 0.4) is 0 Å². The molecule has 1 saturated carbocycles. The molecule has 0 amide bonds. The Kier molecular flexibility index (Phi) is 6.64. The van der Waals surface area contributed by atoms with E-state index in [9.17, 15) is 4.39 Å². The number of hydrogen-bond donors (Lipinski definition) is 2.